The predicted molar refractivity (Wildman–Crippen MR) is 135 cm³/mol. The summed E-state index contributed by atoms with van der Waals surface area (Å²) in [5.41, 5.74) is 0.775. The van der Waals surface area contributed by atoms with Crippen LogP contribution in [0.15, 0.2) is 23.3 Å². The second kappa shape index (κ2) is 12.5. The highest BCUT2D eigenvalue weighted by atomic mass is 127. The fourth-order valence-electron chi connectivity index (χ4n) is 4.63. The third-order valence-electron chi connectivity index (χ3n) is 6.34. The number of rotatable bonds is 7. The normalized spacial score (nSPS) is 18.7. The van der Waals surface area contributed by atoms with Crippen LogP contribution in [-0.2, 0) is 11.3 Å². The standard InChI is InChI=1S/C23H37N5O2.HI/c1-24-22(27-17-23(12-7-8-13-23)21(29)28(2)3)26-16-18-11-14-25-20(15-18)30-19-9-5-4-6-10-19;/h11,14-15,19H,4-10,12-13,16-17H2,1-3H3,(H2,24,26,27);1H. The van der Waals surface area contributed by atoms with E-state index in [0.29, 0.717) is 31.0 Å². The summed E-state index contributed by atoms with van der Waals surface area (Å²) < 4.78 is 6.08. The number of nitrogens with one attached hydrogen (secondary N) is 2. The molecule has 1 aromatic heterocycles. The summed E-state index contributed by atoms with van der Waals surface area (Å²) in [6.45, 7) is 1.23. The van der Waals surface area contributed by atoms with E-state index in [9.17, 15) is 4.79 Å². The minimum absolute atomic E-state index is 0. The molecule has 1 aromatic rings. The predicted octanol–water partition coefficient (Wildman–Crippen LogP) is 3.72. The van der Waals surface area contributed by atoms with E-state index in [1.807, 2.05) is 26.2 Å². The molecule has 0 unspecified atom stereocenters. The molecule has 31 heavy (non-hydrogen) atoms. The second-order valence-electron chi connectivity index (χ2n) is 8.85. The lowest BCUT2D eigenvalue weighted by Crippen LogP contribution is -2.49. The number of pyridine rings is 1. The van der Waals surface area contributed by atoms with Crippen LogP contribution in [-0.4, -0.2) is 55.5 Å². The molecule has 174 valence electrons. The van der Waals surface area contributed by atoms with Gasteiger partial charge in [0.1, 0.15) is 6.10 Å². The molecule has 0 atom stereocenters. The Bertz CT molecular complexity index is 728. The van der Waals surface area contributed by atoms with Gasteiger partial charge in [-0.1, -0.05) is 19.3 Å². The van der Waals surface area contributed by atoms with Crippen molar-refractivity contribution in [1.29, 1.82) is 0 Å². The summed E-state index contributed by atoms with van der Waals surface area (Å²) in [6, 6.07) is 3.99. The quantitative estimate of drug-likeness (QED) is 0.312. The maximum absolute atomic E-state index is 12.8. The molecule has 1 amide bonds. The summed E-state index contributed by atoms with van der Waals surface area (Å²) in [6.07, 6.45) is 12.2. The van der Waals surface area contributed by atoms with Crippen LogP contribution in [0.25, 0.3) is 0 Å². The van der Waals surface area contributed by atoms with Gasteiger partial charge >= 0.3 is 0 Å². The summed E-state index contributed by atoms with van der Waals surface area (Å²) in [7, 11) is 5.44. The smallest absolute Gasteiger partial charge is 0.230 e. The van der Waals surface area contributed by atoms with Crippen LogP contribution in [0, 0.1) is 5.41 Å². The van der Waals surface area contributed by atoms with Crippen LogP contribution in [0.5, 0.6) is 5.88 Å². The molecule has 7 nitrogen and oxygen atoms in total. The fraction of sp³-hybridized carbons (Fsp3) is 0.696. The lowest BCUT2D eigenvalue weighted by atomic mass is 9.84. The Morgan fingerprint density at radius 3 is 2.55 bits per heavy atom. The number of halogens is 1. The number of aliphatic imine (C=N–C) groups is 1. The number of guanidine groups is 1. The van der Waals surface area contributed by atoms with Crippen molar-refractivity contribution in [2.75, 3.05) is 27.7 Å². The van der Waals surface area contributed by atoms with Gasteiger partial charge in [0.15, 0.2) is 5.96 Å². The average molecular weight is 543 g/mol. The van der Waals surface area contributed by atoms with Gasteiger partial charge in [0.2, 0.25) is 11.8 Å². The molecule has 8 heteroatoms. The SMILES string of the molecule is CN=C(NCc1ccnc(OC2CCCCC2)c1)NCC1(C(=O)N(C)C)CCCC1.I. The van der Waals surface area contributed by atoms with Crippen LogP contribution in [0.3, 0.4) is 0 Å². The van der Waals surface area contributed by atoms with E-state index >= 15 is 0 Å². The summed E-state index contributed by atoms with van der Waals surface area (Å²) in [5.74, 6) is 1.62. The first kappa shape index (κ1) is 25.7. The molecular formula is C23H38IN5O2. The molecule has 2 aliphatic carbocycles. The molecule has 0 saturated heterocycles. The maximum Gasteiger partial charge on any atom is 0.230 e. The van der Waals surface area contributed by atoms with Crippen molar-refractivity contribution in [1.82, 2.24) is 20.5 Å². The van der Waals surface area contributed by atoms with Crippen molar-refractivity contribution >= 4 is 35.8 Å². The fourth-order valence-corrected chi connectivity index (χ4v) is 4.63. The highest BCUT2D eigenvalue weighted by Gasteiger charge is 2.42. The molecule has 1 heterocycles. The molecule has 2 N–H and O–H groups in total. The lowest BCUT2D eigenvalue weighted by molar-refractivity contribution is -0.138. The van der Waals surface area contributed by atoms with Gasteiger partial charge in [-0.2, -0.15) is 0 Å². The number of nitrogens with zero attached hydrogens (tertiary/aromatic N) is 3. The van der Waals surface area contributed by atoms with Gasteiger partial charge in [-0.15, -0.1) is 24.0 Å². The Kier molecular flexibility index (Phi) is 10.3. The van der Waals surface area contributed by atoms with Crippen LogP contribution in [0.1, 0.15) is 63.4 Å². The van der Waals surface area contributed by atoms with Gasteiger partial charge < -0.3 is 20.3 Å². The van der Waals surface area contributed by atoms with Gasteiger partial charge in [-0.3, -0.25) is 9.79 Å². The molecule has 0 bridgehead atoms. The molecule has 0 aromatic carbocycles. The van der Waals surface area contributed by atoms with Crippen molar-refractivity contribution in [2.24, 2.45) is 10.4 Å². The van der Waals surface area contributed by atoms with Crippen molar-refractivity contribution in [3.63, 3.8) is 0 Å². The van der Waals surface area contributed by atoms with Gasteiger partial charge in [-0.05, 0) is 50.2 Å². The first-order chi connectivity index (χ1) is 14.5. The number of hydrogen-bond donors (Lipinski definition) is 2. The highest BCUT2D eigenvalue weighted by molar-refractivity contribution is 14.0. The van der Waals surface area contributed by atoms with Crippen molar-refractivity contribution in [3.05, 3.63) is 23.9 Å². The van der Waals surface area contributed by atoms with Crippen molar-refractivity contribution in [3.8, 4) is 5.88 Å². The van der Waals surface area contributed by atoms with E-state index in [0.717, 1.165) is 44.1 Å². The molecule has 2 fully saturated rings. The minimum Gasteiger partial charge on any atom is -0.474 e. The maximum atomic E-state index is 12.8. The van der Waals surface area contributed by atoms with Gasteiger partial charge in [0.25, 0.3) is 0 Å². The van der Waals surface area contributed by atoms with Crippen LogP contribution in [0.4, 0.5) is 0 Å². The first-order valence-electron chi connectivity index (χ1n) is 11.3. The van der Waals surface area contributed by atoms with Crippen LogP contribution < -0.4 is 15.4 Å². The van der Waals surface area contributed by atoms with E-state index in [1.54, 1.807) is 18.1 Å². The number of carbonyl (C=O) groups excluding carboxylic acids is 1. The highest BCUT2D eigenvalue weighted by Crippen LogP contribution is 2.38. The van der Waals surface area contributed by atoms with Crippen molar-refractivity contribution in [2.45, 2.75) is 70.4 Å². The number of hydrogen-bond acceptors (Lipinski definition) is 4. The molecule has 2 saturated carbocycles. The molecule has 2 aliphatic rings. The largest absolute Gasteiger partial charge is 0.474 e. The van der Waals surface area contributed by atoms with E-state index < -0.39 is 0 Å². The number of amides is 1. The molecular weight excluding hydrogens is 505 g/mol. The van der Waals surface area contributed by atoms with Gasteiger partial charge in [0.05, 0.1) is 5.41 Å². The Morgan fingerprint density at radius 2 is 1.90 bits per heavy atom. The third kappa shape index (κ3) is 7.22. The lowest BCUT2D eigenvalue weighted by Gasteiger charge is -2.31. The van der Waals surface area contributed by atoms with E-state index in [4.69, 9.17) is 4.74 Å². The zero-order valence-electron chi connectivity index (χ0n) is 19.2. The second-order valence-corrected chi connectivity index (χ2v) is 8.85. The summed E-state index contributed by atoms with van der Waals surface area (Å²) >= 11 is 0. The van der Waals surface area contributed by atoms with Gasteiger partial charge in [0, 0.05) is 46.5 Å². The molecule has 0 spiro atoms. The molecule has 0 radical (unpaired) electrons. The number of carbonyl (C=O) groups is 1. The summed E-state index contributed by atoms with van der Waals surface area (Å²) in [4.78, 5) is 23.2. The monoisotopic (exact) mass is 543 g/mol. The van der Waals surface area contributed by atoms with Crippen LogP contribution >= 0.6 is 24.0 Å². The zero-order chi connectivity index (χ0) is 21.4. The van der Waals surface area contributed by atoms with E-state index in [2.05, 4.69) is 20.6 Å². The zero-order valence-corrected chi connectivity index (χ0v) is 21.5. The molecule has 3 rings (SSSR count). The third-order valence-corrected chi connectivity index (χ3v) is 6.34. The minimum atomic E-state index is -0.321. The van der Waals surface area contributed by atoms with E-state index in [1.165, 1.54) is 19.3 Å². The first-order valence-corrected chi connectivity index (χ1v) is 11.3. The van der Waals surface area contributed by atoms with Crippen LogP contribution in [0.2, 0.25) is 0 Å². The van der Waals surface area contributed by atoms with Gasteiger partial charge in [-0.25, -0.2) is 4.98 Å². The molecule has 0 aliphatic heterocycles. The Morgan fingerprint density at radius 1 is 1.19 bits per heavy atom. The Labute approximate surface area is 203 Å². The number of ether oxygens (including phenoxy) is 1. The Balaban J connectivity index is 0.00000341. The average Bonchev–Trinajstić information content (AvgIpc) is 3.24. The summed E-state index contributed by atoms with van der Waals surface area (Å²) in [5, 5.41) is 6.74. The number of aromatic nitrogens is 1. The van der Waals surface area contributed by atoms with E-state index in [-0.39, 0.29) is 35.3 Å². The Hall–Kier alpha value is -1.58. The van der Waals surface area contributed by atoms with Crippen molar-refractivity contribution < 1.29 is 9.53 Å². The topological polar surface area (TPSA) is 78.9 Å².